The van der Waals surface area contributed by atoms with Crippen LogP contribution >= 0.6 is 0 Å². The molecule has 0 amide bonds. The highest BCUT2D eigenvalue weighted by Gasteiger charge is 2.72. The molecule has 2 unspecified atom stereocenters. The van der Waals surface area contributed by atoms with Gasteiger partial charge in [0, 0.05) is 5.56 Å². The quantitative estimate of drug-likeness (QED) is 0.639. The zero-order valence-electron chi connectivity index (χ0n) is 14.4. The number of ether oxygens (including phenoxy) is 1. The van der Waals surface area contributed by atoms with Crippen molar-refractivity contribution in [2.45, 2.75) is 31.0 Å². The van der Waals surface area contributed by atoms with Crippen LogP contribution in [-0.4, -0.2) is 5.11 Å². The summed E-state index contributed by atoms with van der Waals surface area (Å²) in [6.45, 7) is 2.17. The van der Waals surface area contributed by atoms with Crippen LogP contribution in [0.3, 0.4) is 0 Å². The predicted octanol–water partition coefficient (Wildman–Crippen LogP) is 5.36. The molecule has 3 aromatic rings. The van der Waals surface area contributed by atoms with E-state index in [1.807, 2.05) is 42.5 Å². The fourth-order valence-corrected chi connectivity index (χ4v) is 4.09. The summed E-state index contributed by atoms with van der Waals surface area (Å²) in [5.41, 5.74) is 1.96. The highest BCUT2D eigenvalue weighted by molar-refractivity contribution is 5.55. The molecule has 1 saturated heterocycles. The molecule has 2 nitrogen and oxygen atoms in total. The monoisotopic (exact) mass is 330 g/mol. The van der Waals surface area contributed by atoms with Gasteiger partial charge in [-0.25, -0.2) is 0 Å². The van der Waals surface area contributed by atoms with Gasteiger partial charge in [-0.2, -0.15) is 0 Å². The van der Waals surface area contributed by atoms with Gasteiger partial charge in [0.05, 0.1) is 0 Å². The maximum Gasteiger partial charge on any atom is 0.156 e. The Morgan fingerprint density at radius 1 is 0.760 bits per heavy atom. The Morgan fingerprint density at radius 3 is 1.92 bits per heavy atom. The van der Waals surface area contributed by atoms with Crippen LogP contribution in [0.4, 0.5) is 0 Å². The standard InChI is InChI=1S/C23H22O2/c1-2-17-22(18-11-5-3-6-12-18)23(25-22,19-13-7-4-8-14-19)20-15-9-10-16-21(20)24/h3-16,24H,2,17H2,1H3. The zero-order chi connectivity index (χ0) is 17.3. The Morgan fingerprint density at radius 2 is 1.32 bits per heavy atom. The third-order valence-electron chi connectivity index (χ3n) is 5.16. The lowest BCUT2D eigenvalue weighted by atomic mass is 9.75. The van der Waals surface area contributed by atoms with E-state index >= 15 is 0 Å². The van der Waals surface area contributed by atoms with Crippen LogP contribution in [0, 0.1) is 0 Å². The van der Waals surface area contributed by atoms with Gasteiger partial charge in [0.1, 0.15) is 11.4 Å². The Balaban J connectivity index is 1.97. The van der Waals surface area contributed by atoms with Gasteiger partial charge < -0.3 is 9.84 Å². The van der Waals surface area contributed by atoms with Crippen LogP contribution < -0.4 is 0 Å². The third-order valence-corrected chi connectivity index (χ3v) is 5.16. The highest BCUT2D eigenvalue weighted by atomic mass is 16.6. The summed E-state index contributed by atoms with van der Waals surface area (Å²) >= 11 is 0. The number of benzene rings is 3. The van der Waals surface area contributed by atoms with E-state index < -0.39 is 11.2 Å². The summed E-state index contributed by atoms with van der Waals surface area (Å²) in [6.07, 6.45) is 1.89. The molecule has 1 fully saturated rings. The topological polar surface area (TPSA) is 32.8 Å². The van der Waals surface area contributed by atoms with E-state index in [0.717, 1.165) is 29.5 Å². The lowest BCUT2D eigenvalue weighted by Crippen LogP contribution is -2.24. The molecule has 0 aromatic heterocycles. The van der Waals surface area contributed by atoms with E-state index in [-0.39, 0.29) is 5.75 Å². The lowest BCUT2D eigenvalue weighted by molar-refractivity contribution is 0.265. The molecule has 0 radical (unpaired) electrons. The van der Waals surface area contributed by atoms with Crippen molar-refractivity contribution in [3.05, 3.63) is 102 Å². The van der Waals surface area contributed by atoms with Crippen molar-refractivity contribution < 1.29 is 9.84 Å². The van der Waals surface area contributed by atoms with Gasteiger partial charge in [-0.15, -0.1) is 0 Å². The maximum absolute atomic E-state index is 10.6. The van der Waals surface area contributed by atoms with E-state index in [0.29, 0.717) is 0 Å². The summed E-state index contributed by atoms with van der Waals surface area (Å²) in [4.78, 5) is 0. The molecule has 0 aliphatic carbocycles. The number of epoxide rings is 1. The summed E-state index contributed by atoms with van der Waals surface area (Å²) in [5.74, 6) is 0.278. The van der Waals surface area contributed by atoms with Crippen molar-refractivity contribution in [1.82, 2.24) is 0 Å². The second-order valence-corrected chi connectivity index (χ2v) is 6.61. The minimum Gasteiger partial charge on any atom is -0.508 e. The summed E-state index contributed by atoms with van der Waals surface area (Å²) in [7, 11) is 0. The van der Waals surface area contributed by atoms with Gasteiger partial charge >= 0.3 is 0 Å². The smallest absolute Gasteiger partial charge is 0.156 e. The molecule has 0 saturated carbocycles. The number of hydrogen-bond donors (Lipinski definition) is 1. The van der Waals surface area contributed by atoms with Crippen LogP contribution in [0.25, 0.3) is 0 Å². The summed E-state index contributed by atoms with van der Waals surface area (Å²) in [5, 5.41) is 10.6. The van der Waals surface area contributed by atoms with Crippen LogP contribution in [0.15, 0.2) is 84.9 Å². The van der Waals surface area contributed by atoms with Gasteiger partial charge in [0.25, 0.3) is 0 Å². The minimum atomic E-state index is -0.656. The van der Waals surface area contributed by atoms with Crippen molar-refractivity contribution in [3.63, 3.8) is 0 Å². The van der Waals surface area contributed by atoms with Crippen LogP contribution in [0.1, 0.15) is 36.5 Å². The molecule has 0 spiro atoms. The average Bonchev–Trinajstić information content (AvgIpc) is 3.35. The first-order valence-corrected chi connectivity index (χ1v) is 8.84. The van der Waals surface area contributed by atoms with Crippen LogP contribution in [0.5, 0.6) is 5.75 Å². The normalized spacial score (nSPS) is 24.8. The van der Waals surface area contributed by atoms with E-state index in [9.17, 15) is 5.11 Å². The SMILES string of the molecule is CCCC1(c2ccccc2)OC1(c1ccccc1)c1ccccc1O. The molecular weight excluding hydrogens is 308 g/mol. The van der Waals surface area contributed by atoms with Crippen molar-refractivity contribution in [1.29, 1.82) is 0 Å². The number of para-hydroxylation sites is 1. The fourth-order valence-electron chi connectivity index (χ4n) is 4.09. The number of aromatic hydroxyl groups is 1. The molecule has 0 bridgehead atoms. The molecule has 3 aromatic carbocycles. The first-order valence-electron chi connectivity index (χ1n) is 8.84. The van der Waals surface area contributed by atoms with Gasteiger partial charge in [0.2, 0.25) is 0 Å². The Labute approximate surface area is 148 Å². The van der Waals surface area contributed by atoms with E-state index in [1.54, 1.807) is 6.07 Å². The first-order chi connectivity index (χ1) is 12.2. The molecule has 2 heteroatoms. The van der Waals surface area contributed by atoms with Crippen molar-refractivity contribution in [2.75, 3.05) is 0 Å². The third kappa shape index (κ3) is 2.29. The van der Waals surface area contributed by atoms with Crippen molar-refractivity contribution >= 4 is 0 Å². The van der Waals surface area contributed by atoms with E-state index in [1.165, 1.54) is 0 Å². The molecule has 1 aliphatic heterocycles. The van der Waals surface area contributed by atoms with Gasteiger partial charge in [-0.1, -0.05) is 92.2 Å². The predicted molar refractivity (Wildman–Crippen MR) is 99.4 cm³/mol. The van der Waals surface area contributed by atoms with Crippen LogP contribution in [-0.2, 0) is 15.9 Å². The van der Waals surface area contributed by atoms with Crippen LogP contribution in [0.2, 0.25) is 0 Å². The minimum absolute atomic E-state index is 0.278. The number of phenolic OH excluding ortho intramolecular Hbond substituents is 1. The first kappa shape index (κ1) is 15.9. The van der Waals surface area contributed by atoms with Gasteiger partial charge in [0.15, 0.2) is 5.60 Å². The summed E-state index contributed by atoms with van der Waals surface area (Å²) < 4.78 is 6.61. The largest absolute Gasteiger partial charge is 0.508 e. The molecule has 25 heavy (non-hydrogen) atoms. The second kappa shape index (κ2) is 6.05. The molecule has 1 aliphatic rings. The lowest BCUT2D eigenvalue weighted by Gasteiger charge is -2.22. The van der Waals surface area contributed by atoms with E-state index in [4.69, 9.17) is 4.74 Å². The molecule has 1 heterocycles. The van der Waals surface area contributed by atoms with Crippen molar-refractivity contribution in [2.24, 2.45) is 0 Å². The van der Waals surface area contributed by atoms with Crippen molar-refractivity contribution in [3.8, 4) is 5.75 Å². The van der Waals surface area contributed by atoms with E-state index in [2.05, 4.69) is 43.3 Å². The fraction of sp³-hybridized carbons (Fsp3) is 0.217. The number of hydrogen-bond acceptors (Lipinski definition) is 2. The van der Waals surface area contributed by atoms with Gasteiger partial charge in [-0.05, 0) is 23.6 Å². The Hall–Kier alpha value is -2.58. The molecule has 4 rings (SSSR count). The Bertz CT molecular complexity index is 860. The average molecular weight is 330 g/mol. The Kier molecular flexibility index (Phi) is 3.85. The van der Waals surface area contributed by atoms with Gasteiger partial charge in [-0.3, -0.25) is 0 Å². The summed E-state index contributed by atoms with van der Waals surface area (Å²) in [6, 6.07) is 28.1. The molecule has 126 valence electrons. The highest BCUT2D eigenvalue weighted by Crippen LogP contribution is 2.68. The second-order valence-electron chi connectivity index (χ2n) is 6.61. The zero-order valence-corrected chi connectivity index (χ0v) is 14.4. The number of rotatable bonds is 5. The molecule has 1 N–H and O–H groups in total. The molecule has 2 atom stereocenters. The maximum atomic E-state index is 10.6. The number of phenols is 1. The molecular formula is C23H22O2.